The molecule has 0 fully saturated rings. The summed E-state index contributed by atoms with van der Waals surface area (Å²) in [5, 5.41) is 0. The Kier molecular flexibility index (Phi) is 20.7. The predicted octanol–water partition coefficient (Wildman–Crippen LogP) is 7.59. The van der Waals surface area contributed by atoms with Gasteiger partial charge in [0.25, 0.3) is 0 Å². The predicted molar refractivity (Wildman–Crippen MR) is 138 cm³/mol. The van der Waals surface area contributed by atoms with Gasteiger partial charge in [-0.15, -0.1) is 0 Å². The summed E-state index contributed by atoms with van der Waals surface area (Å²) >= 11 is 0. The summed E-state index contributed by atoms with van der Waals surface area (Å²) in [5.41, 5.74) is 0. The van der Waals surface area contributed by atoms with Crippen LogP contribution in [0.2, 0.25) is 6.04 Å². The third kappa shape index (κ3) is 18.2. The van der Waals surface area contributed by atoms with Gasteiger partial charge in [0.15, 0.2) is 0 Å². The average molecular weight is 461 g/mol. The van der Waals surface area contributed by atoms with Crippen LogP contribution in [-0.2, 0) is 13.3 Å². The second-order valence-electron chi connectivity index (χ2n) is 9.71. The maximum absolute atomic E-state index is 6.00. The summed E-state index contributed by atoms with van der Waals surface area (Å²) in [4.78, 5) is 0. The van der Waals surface area contributed by atoms with Crippen molar-refractivity contribution in [1.82, 2.24) is 0 Å². The molecule has 0 heterocycles. The molecule has 0 aromatic carbocycles. The van der Waals surface area contributed by atoms with Crippen molar-refractivity contribution in [2.45, 2.75) is 124 Å². The van der Waals surface area contributed by atoms with Gasteiger partial charge in [0.2, 0.25) is 0 Å². The minimum Gasteiger partial charge on any atom is -0.374 e. The van der Waals surface area contributed by atoms with Crippen LogP contribution in [0.3, 0.4) is 0 Å². The first-order valence-corrected chi connectivity index (χ1v) is 15.6. The summed E-state index contributed by atoms with van der Waals surface area (Å²) in [6.07, 6.45) is 19.6. The molecule has 31 heavy (non-hydrogen) atoms. The third-order valence-corrected chi connectivity index (χ3v) is 9.36. The Morgan fingerprint density at radius 1 is 0.484 bits per heavy atom. The van der Waals surface area contributed by atoms with Gasteiger partial charge in [-0.05, 0) is 33.6 Å². The third-order valence-electron chi connectivity index (χ3n) is 6.21. The SMILES string of the molecule is CCCCCCCCCCCCCCC[N+](C)(C)CCC[Si](OCC)(OCC)OCC. The second-order valence-corrected chi connectivity index (χ2v) is 12.4. The molecule has 188 valence electrons. The first-order valence-electron chi connectivity index (χ1n) is 13.7. The molecule has 0 bridgehead atoms. The van der Waals surface area contributed by atoms with Crippen LogP contribution in [-0.4, -0.2) is 60.3 Å². The maximum Gasteiger partial charge on any atom is 0.501 e. The van der Waals surface area contributed by atoms with Crippen molar-refractivity contribution >= 4 is 8.80 Å². The first-order chi connectivity index (χ1) is 14.9. The molecule has 0 atom stereocenters. The van der Waals surface area contributed by atoms with Crippen molar-refractivity contribution in [3.8, 4) is 0 Å². The van der Waals surface area contributed by atoms with Crippen molar-refractivity contribution in [3.05, 3.63) is 0 Å². The van der Waals surface area contributed by atoms with Crippen LogP contribution in [0, 0.1) is 0 Å². The van der Waals surface area contributed by atoms with Crippen molar-refractivity contribution in [2.24, 2.45) is 0 Å². The van der Waals surface area contributed by atoms with Gasteiger partial charge in [-0.25, -0.2) is 0 Å². The molecule has 0 spiro atoms. The van der Waals surface area contributed by atoms with E-state index in [1.807, 2.05) is 20.8 Å². The standard InChI is InChI=1S/C26H58NO3Si/c1-7-11-12-13-14-15-16-17-18-19-20-21-22-24-27(5,6)25-23-26-31(28-8-2,29-9-3)30-10-4/h7-26H2,1-6H3/q+1. The monoisotopic (exact) mass is 460 g/mol. The van der Waals surface area contributed by atoms with E-state index in [1.54, 1.807) is 0 Å². The number of hydrogen-bond donors (Lipinski definition) is 0. The maximum atomic E-state index is 6.00. The lowest BCUT2D eigenvalue weighted by Crippen LogP contribution is -2.48. The van der Waals surface area contributed by atoms with E-state index in [0.29, 0.717) is 19.8 Å². The molecule has 0 N–H and O–H groups in total. The lowest BCUT2D eigenvalue weighted by molar-refractivity contribution is -0.890. The molecule has 0 aliphatic rings. The summed E-state index contributed by atoms with van der Waals surface area (Å²) in [7, 11) is 2.26. The Bertz CT molecular complexity index is 363. The summed E-state index contributed by atoms with van der Waals surface area (Å²) in [6, 6.07) is 0.933. The van der Waals surface area contributed by atoms with E-state index in [1.165, 1.54) is 96.6 Å². The Balaban J connectivity index is 3.79. The van der Waals surface area contributed by atoms with Crippen molar-refractivity contribution in [2.75, 3.05) is 47.0 Å². The highest BCUT2D eigenvalue weighted by molar-refractivity contribution is 6.60. The quantitative estimate of drug-likeness (QED) is 0.0843. The van der Waals surface area contributed by atoms with Gasteiger partial charge in [-0.3, -0.25) is 0 Å². The van der Waals surface area contributed by atoms with Gasteiger partial charge >= 0.3 is 8.80 Å². The van der Waals surface area contributed by atoms with Crippen LogP contribution in [0.1, 0.15) is 118 Å². The molecule has 0 saturated carbocycles. The fourth-order valence-electron chi connectivity index (χ4n) is 4.39. The van der Waals surface area contributed by atoms with Crippen LogP contribution < -0.4 is 0 Å². The van der Waals surface area contributed by atoms with E-state index in [4.69, 9.17) is 13.3 Å². The first kappa shape index (κ1) is 31.1. The fraction of sp³-hybridized carbons (Fsp3) is 1.00. The van der Waals surface area contributed by atoms with Gasteiger partial charge in [0.1, 0.15) is 0 Å². The van der Waals surface area contributed by atoms with Crippen LogP contribution >= 0.6 is 0 Å². The van der Waals surface area contributed by atoms with Crippen molar-refractivity contribution < 1.29 is 17.8 Å². The largest absolute Gasteiger partial charge is 0.501 e. The zero-order chi connectivity index (χ0) is 23.3. The van der Waals surface area contributed by atoms with Crippen molar-refractivity contribution in [1.29, 1.82) is 0 Å². The summed E-state index contributed by atoms with van der Waals surface area (Å²) < 4.78 is 19.1. The smallest absolute Gasteiger partial charge is 0.374 e. The Morgan fingerprint density at radius 3 is 1.23 bits per heavy atom. The minimum absolute atomic E-state index is 0.670. The van der Waals surface area contributed by atoms with Gasteiger partial charge in [-0.2, -0.15) is 0 Å². The number of rotatable bonds is 24. The summed E-state index contributed by atoms with van der Waals surface area (Å²) in [6.45, 7) is 12.8. The van der Waals surface area contributed by atoms with Crippen LogP contribution in [0.5, 0.6) is 0 Å². The topological polar surface area (TPSA) is 27.7 Å². The minimum atomic E-state index is -2.48. The molecule has 0 aromatic rings. The van der Waals surface area contributed by atoms with Gasteiger partial charge < -0.3 is 17.8 Å². The molecule has 0 aliphatic heterocycles. The molecule has 0 aliphatic carbocycles. The van der Waals surface area contributed by atoms with Gasteiger partial charge in [0.05, 0.1) is 27.2 Å². The molecule has 0 aromatic heterocycles. The Hall–Kier alpha value is 0.0569. The number of hydrogen-bond acceptors (Lipinski definition) is 3. The fourth-order valence-corrected chi connectivity index (χ4v) is 6.99. The Labute approximate surface area is 197 Å². The molecule has 5 heteroatoms. The molecule has 4 nitrogen and oxygen atoms in total. The van der Waals surface area contributed by atoms with Crippen LogP contribution in [0.25, 0.3) is 0 Å². The van der Waals surface area contributed by atoms with Gasteiger partial charge in [-0.1, -0.05) is 77.6 Å². The Morgan fingerprint density at radius 2 is 0.839 bits per heavy atom. The molecule has 0 radical (unpaired) electrons. The van der Waals surface area contributed by atoms with E-state index in [2.05, 4.69) is 21.0 Å². The van der Waals surface area contributed by atoms with Crippen LogP contribution in [0.4, 0.5) is 0 Å². The lowest BCUT2D eigenvalue weighted by Gasteiger charge is -2.32. The molecule has 0 unspecified atom stereocenters. The highest BCUT2D eigenvalue weighted by Gasteiger charge is 2.40. The number of unbranched alkanes of at least 4 members (excludes halogenated alkanes) is 12. The van der Waals surface area contributed by atoms with Crippen molar-refractivity contribution in [3.63, 3.8) is 0 Å². The van der Waals surface area contributed by atoms with E-state index in [9.17, 15) is 0 Å². The van der Waals surface area contributed by atoms with Gasteiger partial charge in [0, 0.05) is 32.3 Å². The molecule has 0 rings (SSSR count). The highest BCUT2D eigenvalue weighted by Crippen LogP contribution is 2.20. The average Bonchev–Trinajstić information content (AvgIpc) is 2.72. The molecular formula is C26H58NO3Si+. The molecule has 0 amide bonds. The van der Waals surface area contributed by atoms with E-state index in [0.717, 1.165) is 16.9 Å². The van der Waals surface area contributed by atoms with Crippen LogP contribution in [0.15, 0.2) is 0 Å². The lowest BCUT2D eigenvalue weighted by atomic mass is 10.0. The zero-order valence-electron chi connectivity index (χ0n) is 22.3. The second kappa shape index (κ2) is 20.6. The highest BCUT2D eigenvalue weighted by atomic mass is 28.4. The van der Waals surface area contributed by atoms with E-state index < -0.39 is 8.80 Å². The molecule has 0 saturated heterocycles. The zero-order valence-corrected chi connectivity index (χ0v) is 23.3. The summed E-state index contributed by atoms with van der Waals surface area (Å²) in [5.74, 6) is 0. The normalized spacial score (nSPS) is 12.6. The number of quaternary nitrogens is 1. The molecular weight excluding hydrogens is 402 g/mol. The van der Waals surface area contributed by atoms with E-state index in [-0.39, 0.29) is 0 Å². The van der Waals surface area contributed by atoms with E-state index >= 15 is 0 Å². The number of nitrogens with zero attached hydrogens (tertiary/aromatic N) is 1.